The highest BCUT2D eigenvalue weighted by molar-refractivity contribution is 5.86. The highest BCUT2D eigenvalue weighted by Gasteiger charge is 1.94. The van der Waals surface area contributed by atoms with E-state index in [0.717, 1.165) is 5.56 Å². The van der Waals surface area contributed by atoms with Gasteiger partial charge in [0.15, 0.2) is 0 Å². The maximum atomic E-state index is 10.9. The summed E-state index contributed by atoms with van der Waals surface area (Å²) in [6, 6.07) is 0. The SMILES string of the molecule is CCOC(=O)/C=C/c1cnc(C)nc1. The molecule has 0 radical (unpaired) electrons. The van der Waals surface area contributed by atoms with Crippen LogP contribution in [0.3, 0.4) is 0 Å². The van der Waals surface area contributed by atoms with Crippen molar-refractivity contribution in [2.75, 3.05) is 6.61 Å². The van der Waals surface area contributed by atoms with Gasteiger partial charge in [-0.2, -0.15) is 0 Å². The molecule has 0 atom stereocenters. The number of esters is 1. The van der Waals surface area contributed by atoms with Gasteiger partial charge in [-0.1, -0.05) is 0 Å². The summed E-state index contributed by atoms with van der Waals surface area (Å²) >= 11 is 0. The second-order valence-corrected chi connectivity index (χ2v) is 2.65. The molecule has 0 unspecified atom stereocenters. The first-order valence-corrected chi connectivity index (χ1v) is 4.36. The first-order chi connectivity index (χ1) is 6.72. The molecule has 0 amide bonds. The number of carbonyl (C=O) groups excluding carboxylic acids is 1. The monoisotopic (exact) mass is 192 g/mol. The zero-order valence-electron chi connectivity index (χ0n) is 8.23. The van der Waals surface area contributed by atoms with Crippen LogP contribution in [0.25, 0.3) is 6.08 Å². The molecule has 0 saturated heterocycles. The van der Waals surface area contributed by atoms with Crippen molar-refractivity contribution in [1.29, 1.82) is 0 Å². The summed E-state index contributed by atoms with van der Waals surface area (Å²) in [6.45, 7) is 3.95. The van der Waals surface area contributed by atoms with Crippen molar-refractivity contribution < 1.29 is 9.53 Å². The Balaban J connectivity index is 2.60. The lowest BCUT2D eigenvalue weighted by atomic mass is 10.3. The fraction of sp³-hybridized carbons (Fsp3) is 0.300. The molecule has 1 heterocycles. The van der Waals surface area contributed by atoms with E-state index < -0.39 is 0 Å². The van der Waals surface area contributed by atoms with Gasteiger partial charge in [0, 0.05) is 24.0 Å². The van der Waals surface area contributed by atoms with Gasteiger partial charge in [-0.25, -0.2) is 14.8 Å². The maximum Gasteiger partial charge on any atom is 0.330 e. The minimum absolute atomic E-state index is 0.354. The normalized spacial score (nSPS) is 10.4. The van der Waals surface area contributed by atoms with Gasteiger partial charge in [-0.3, -0.25) is 0 Å². The topological polar surface area (TPSA) is 52.1 Å². The molecule has 1 aromatic rings. The van der Waals surface area contributed by atoms with E-state index in [1.807, 2.05) is 0 Å². The molecule has 0 fully saturated rings. The van der Waals surface area contributed by atoms with E-state index in [9.17, 15) is 4.79 Å². The van der Waals surface area contributed by atoms with Crippen molar-refractivity contribution in [3.05, 3.63) is 29.9 Å². The van der Waals surface area contributed by atoms with E-state index in [1.165, 1.54) is 6.08 Å². The molecule has 4 heteroatoms. The number of ether oxygens (including phenoxy) is 1. The van der Waals surface area contributed by atoms with Crippen molar-refractivity contribution in [1.82, 2.24) is 9.97 Å². The number of rotatable bonds is 3. The summed E-state index contributed by atoms with van der Waals surface area (Å²) in [6.07, 6.45) is 6.28. The van der Waals surface area contributed by atoms with Crippen LogP contribution in [-0.4, -0.2) is 22.5 Å². The van der Waals surface area contributed by atoms with Gasteiger partial charge in [0.1, 0.15) is 5.82 Å². The fourth-order valence-electron chi connectivity index (χ4n) is 0.843. The van der Waals surface area contributed by atoms with Crippen LogP contribution in [0.5, 0.6) is 0 Å². The van der Waals surface area contributed by atoms with Gasteiger partial charge in [0.25, 0.3) is 0 Å². The molecule has 74 valence electrons. The summed E-state index contributed by atoms with van der Waals surface area (Å²) in [7, 11) is 0. The van der Waals surface area contributed by atoms with Crippen LogP contribution in [0.15, 0.2) is 18.5 Å². The Hall–Kier alpha value is -1.71. The summed E-state index contributed by atoms with van der Waals surface area (Å²) < 4.78 is 4.72. The molecule has 0 saturated carbocycles. The first-order valence-electron chi connectivity index (χ1n) is 4.36. The minimum Gasteiger partial charge on any atom is -0.463 e. The molecule has 0 bridgehead atoms. The van der Waals surface area contributed by atoms with E-state index in [-0.39, 0.29) is 5.97 Å². The largest absolute Gasteiger partial charge is 0.463 e. The third kappa shape index (κ3) is 3.35. The third-order valence-electron chi connectivity index (χ3n) is 1.50. The van der Waals surface area contributed by atoms with Gasteiger partial charge < -0.3 is 4.74 Å². The average Bonchev–Trinajstić information content (AvgIpc) is 2.17. The molecule has 1 aromatic heterocycles. The molecule has 0 aromatic carbocycles. The molecule has 14 heavy (non-hydrogen) atoms. The zero-order chi connectivity index (χ0) is 10.4. The number of hydrogen-bond acceptors (Lipinski definition) is 4. The Morgan fingerprint density at radius 3 is 2.71 bits per heavy atom. The van der Waals surface area contributed by atoms with Crippen LogP contribution in [0.2, 0.25) is 0 Å². The summed E-state index contributed by atoms with van der Waals surface area (Å²) in [5.74, 6) is 0.353. The lowest BCUT2D eigenvalue weighted by Crippen LogP contribution is -1.98. The van der Waals surface area contributed by atoms with Crippen LogP contribution in [0.1, 0.15) is 18.3 Å². The van der Waals surface area contributed by atoms with Gasteiger partial charge in [0.05, 0.1) is 6.61 Å². The van der Waals surface area contributed by atoms with Gasteiger partial charge in [0.2, 0.25) is 0 Å². The zero-order valence-corrected chi connectivity index (χ0v) is 8.23. The number of nitrogens with zero attached hydrogens (tertiary/aromatic N) is 2. The van der Waals surface area contributed by atoms with E-state index in [1.54, 1.807) is 32.3 Å². The summed E-state index contributed by atoms with van der Waals surface area (Å²) in [5, 5.41) is 0. The van der Waals surface area contributed by atoms with Gasteiger partial charge in [-0.05, 0) is 19.9 Å². The van der Waals surface area contributed by atoms with E-state index in [2.05, 4.69) is 9.97 Å². The smallest absolute Gasteiger partial charge is 0.330 e. The van der Waals surface area contributed by atoms with Gasteiger partial charge in [-0.15, -0.1) is 0 Å². The molecule has 4 nitrogen and oxygen atoms in total. The van der Waals surface area contributed by atoms with Crippen molar-refractivity contribution in [3.8, 4) is 0 Å². The lowest BCUT2D eigenvalue weighted by molar-refractivity contribution is -0.137. The predicted molar refractivity (Wildman–Crippen MR) is 52.4 cm³/mol. The van der Waals surface area contributed by atoms with Crippen molar-refractivity contribution in [2.24, 2.45) is 0 Å². The second-order valence-electron chi connectivity index (χ2n) is 2.65. The van der Waals surface area contributed by atoms with Crippen LogP contribution < -0.4 is 0 Å². The second kappa shape index (κ2) is 5.11. The molecular formula is C10H12N2O2. The Kier molecular flexibility index (Phi) is 3.79. The standard InChI is InChI=1S/C10H12N2O2/c1-3-14-10(13)5-4-9-6-11-8(2)12-7-9/h4-7H,3H2,1-2H3/b5-4+. The third-order valence-corrected chi connectivity index (χ3v) is 1.50. The van der Waals surface area contributed by atoms with Crippen LogP contribution in [0, 0.1) is 6.92 Å². The molecule has 0 aliphatic heterocycles. The Morgan fingerprint density at radius 2 is 2.14 bits per heavy atom. The van der Waals surface area contributed by atoms with Crippen molar-refractivity contribution >= 4 is 12.0 Å². The highest BCUT2D eigenvalue weighted by Crippen LogP contribution is 1.98. The molecular weight excluding hydrogens is 180 g/mol. The number of aromatic nitrogens is 2. The predicted octanol–water partition coefficient (Wildman–Crippen LogP) is 1.36. The van der Waals surface area contributed by atoms with E-state index in [4.69, 9.17) is 4.74 Å². The number of carbonyl (C=O) groups is 1. The minimum atomic E-state index is -0.354. The van der Waals surface area contributed by atoms with E-state index in [0.29, 0.717) is 12.4 Å². The van der Waals surface area contributed by atoms with Crippen LogP contribution >= 0.6 is 0 Å². The molecule has 0 spiro atoms. The van der Waals surface area contributed by atoms with Crippen LogP contribution in [-0.2, 0) is 9.53 Å². The molecule has 0 N–H and O–H groups in total. The van der Waals surface area contributed by atoms with Crippen molar-refractivity contribution in [2.45, 2.75) is 13.8 Å². The van der Waals surface area contributed by atoms with Gasteiger partial charge >= 0.3 is 5.97 Å². The Labute approximate surface area is 82.6 Å². The number of aryl methyl sites for hydroxylation is 1. The average molecular weight is 192 g/mol. The van der Waals surface area contributed by atoms with Crippen molar-refractivity contribution in [3.63, 3.8) is 0 Å². The van der Waals surface area contributed by atoms with Crippen LogP contribution in [0.4, 0.5) is 0 Å². The molecule has 0 aliphatic carbocycles. The Bertz CT molecular complexity index is 330. The fourth-order valence-corrected chi connectivity index (χ4v) is 0.843. The number of hydrogen-bond donors (Lipinski definition) is 0. The summed E-state index contributed by atoms with van der Waals surface area (Å²) in [5.41, 5.74) is 0.781. The quantitative estimate of drug-likeness (QED) is 0.536. The summed E-state index contributed by atoms with van der Waals surface area (Å²) in [4.78, 5) is 18.9. The highest BCUT2D eigenvalue weighted by atomic mass is 16.5. The molecule has 1 rings (SSSR count). The maximum absolute atomic E-state index is 10.9. The Morgan fingerprint density at radius 1 is 1.50 bits per heavy atom. The first kappa shape index (κ1) is 10.4. The van der Waals surface area contributed by atoms with E-state index >= 15 is 0 Å². The lowest BCUT2D eigenvalue weighted by Gasteiger charge is -1.95. The molecule has 0 aliphatic rings.